The molecule has 4 heteroatoms. The lowest BCUT2D eigenvalue weighted by Gasteiger charge is -2.31. The van der Waals surface area contributed by atoms with Gasteiger partial charge in [0.15, 0.2) is 0 Å². The third-order valence-electron chi connectivity index (χ3n) is 2.62. The monoisotopic (exact) mass is 201 g/mol. The van der Waals surface area contributed by atoms with Crippen molar-refractivity contribution < 1.29 is 14.6 Å². The van der Waals surface area contributed by atoms with E-state index in [4.69, 9.17) is 4.74 Å². The smallest absolute Gasteiger partial charge is 0.407 e. The largest absolute Gasteiger partial charge is 0.450 e. The van der Waals surface area contributed by atoms with Crippen LogP contribution in [0.5, 0.6) is 0 Å². The number of nitrogens with one attached hydrogen (secondary N) is 1. The Morgan fingerprint density at radius 2 is 2.07 bits per heavy atom. The van der Waals surface area contributed by atoms with Crippen molar-refractivity contribution in [2.45, 2.75) is 44.6 Å². The molecule has 0 aromatic heterocycles. The molecule has 1 amide bonds. The highest BCUT2D eigenvalue weighted by molar-refractivity contribution is 5.67. The average Bonchev–Trinajstić information content (AvgIpc) is 2.17. The average molecular weight is 201 g/mol. The topological polar surface area (TPSA) is 58.6 Å². The van der Waals surface area contributed by atoms with Gasteiger partial charge in [-0.1, -0.05) is 19.3 Å². The van der Waals surface area contributed by atoms with Crippen molar-refractivity contribution in [1.29, 1.82) is 0 Å². The predicted molar refractivity (Wildman–Crippen MR) is 53.1 cm³/mol. The van der Waals surface area contributed by atoms with Gasteiger partial charge in [-0.05, 0) is 19.8 Å². The zero-order valence-corrected chi connectivity index (χ0v) is 8.71. The number of hydrogen-bond donors (Lipinski definition) is 2. The Hall–Kier alpha value is -0.770. The molecule has 0 bridgehead atoms. The molecule has 1 rings (SSSR count). The molecule has 1 aliphatic rings. The summed E-state index contributed by atoms with van der Waals surface area (Å²) in [4.78, 5) is 11.0. The standard InChI is InChI=1S/C10H19NO3/c1-2-14-9(12)11-8-10(13)6-4-3-5-7-10/h13H,2-8H2,1H3,(H,11,12). The van der Waals surface area contributed by atoms with E-state index >= 15 is 0 Å². The van der Waals surface area contributed by atoms with E-state index in [-0.39, 0.29) is 0 Å². The van der Waals surface area contributed by atoms with E-state index in [2.05, 4.69) is 5.32 Å². The van der Waals surface area contributed by atoms with Crippen molar-refractivity contribution in [3.05, 3.63) is 0 Å². The van der Waals surface area contributed by atoms with Crippen LogP contribution in [0, 0.1) is 0 Å². The van der Waals surface area contributed by atoms with E-state index in [1.54, 1.807) is 6.92 Å². The quantitative estimate of drug-likeness (QED) is 0.726. The Balaban J connectivity index is 2.24. The second-order valence-corrected chi connectivity index (χ2v) is 3.86. The van der Waals surface area contributed by atoms with Crippen LogP contribution in [0.1, 0.15) is 39.0 Å². The Labute approximate surface area is 84.6 Å². The van der Waals surface area contributed by atoms with Gasteiger partial charge in [0, 0.05) is 6.54 Å². The molecule has 1 aliphatic carbocycles. The van der Waals surface area contributed by atoms with Crippen LogP contribution < -0.4 is 5.32 Å². The molecule has 0 aromatic rings. The zero-order valence-electron chi connectivity index (χ0n) is 8.71. The first-order valence-electron chi connectivity index (χ1n) is 5.29. The second-order valence-electron chi connectivity index (χ2n) is 3.86. The maximum Gasteiger partial charge on any atom is 0.407 e. The fourth-order valence-electron chi connectivity index (χ4n) is 1.81. The van der Waals surface area contributed by atoms with Crippen molar-refractivity contribution >= 4 is 6.09 Å². The lowest BCUT2D eigenvalue weighted by atomic mass is 9.85. The minimum Gasteiger partial charge on any atom is -0.450 e. The first-order valence-corrected chi connectivity index (χ1v) is 5.29. The van der Waals surface area contributed by atoms with Gasteiger partial charge in [0.2, 0.25) is 0 Å². The number of amides is 1. The minimum atomic E-state index is -0.703. The number of carbonyl (C=O) groups excluding carboxylic acids is 1. The van der Waals surface area contributed by atoms with Crippen molar-refractivity contribution in [3.8, 4) is 0 Å². The third-order valence-corrected chi connectivity index (χ3v) is 2.62. The van der Waals surface area contributed by atoms with Gasteiger partial charge >= 0.3 is 6.09 Å². The molecule has 2 N–H and O–H groups in total. The van der Waals surface area contributed by atoms with E-state index < -0.39 is 11.7 Å². The number of rotatable bonds is 3. The molecule has 14 heavy (non-hydrogen) atoms. The summed E-state index contributed by atoms with van der Waals surface area (Å²) < 4.78 is 4.72. The summed E-state index contributed by atoms with van der Waals surface area (Å²) in [6.45, 7) is 2.44. The second kappa shape index (κ2) is 5.20. The summed E-state index contributed by atoms with van der Waals surface area (Å²) in [6.07, 6.45) is 4.38. The predicted octanol–water partition coefficient (Wildman–Crippen LogP) is 1.43. The fourth-order valence-corrected chi connectivity index (χ4v) is 1.81. The van der Waals surface area contributed by atoms with Crippen molar-refractivity contribution in [1.82, 2.24) is 5.32 Å². The van der Waals surface area contributed by atoms with Crippen LogP contribution in [-0.4, -0.2) is 30.0 Å². The van der Waals surface area contributed by atoms with Gasteiger partial charge in [-0.25, -0.2) is 4.79 Å². The summed E-state index contributed by atoms with van der Waals surface area (Å²) in [5, 5.41) is 12.6. The summed E-state index contributed by atoms with van der Waals surface area (Å²) in [5.74, 6) is 0. The molecule has 0 unspecified atom stereocenters. The molecule has 0 aliphatic heterocycles. The number of aliphatic hydroxyl groups is 1. The minimum absolute atomic E-state index is 0.311. The molecule has 0 spiro atoms. The maximum absolute atomic E-state index is 11.0. The van der Waals surface area contributed by atoms with Gasteiger partial charge in [-0.2, -0.15) is 0 Å². The first-order chi connectivity index (χ1) is 6.66. The van der Waals surface area contributed by atoms with Crippen LogP contribution >= 0.6 is 0 Å². The van der Waals surface area contributed by atoms with Crippen LogP contribution in [0.15, 0.2) is 0 Å². The molecular formula is C10H19NO3. The molecule has 82 valence electrons. The number of alkyl carbamates (subject to hydrolysis) is 1. The van der Waals surface area contributed by atoms with Gasteiger partial charge in [-0.3, -0.25) is 0 Å². The summed E-state index contributed by atoms with van der Waals surface area (Å²) in [6, 6.07) is 0. The molecule has 0 radical (unpaired) electrons. The zero-order chi connectivity index (χ0) is 10.4. The molecule has 1 saturated carbocycles. The summed E-state index contributed by atoms with van der Waals surface area (Å²) >= 11 is 0. The van der Waals surface area contributed by atoms with Crippen LogP contribution in [0.2, 0.25) is 0 Å². The normalized spacial score (nSPS) is 20.1. The SMILES string of the molecule is CCOC(=O)NCC1(O)CCCCC1. The van der Waals surface area contributed by atoms with Gasteiger partial charge in [0.1, 0.15) is 0 Å². The third kappa shape index (κ3) is 3.54. The van der Waals surface area contributed by atoms with Crippen LogP contribution in [-0.2, 0) is 4.74 Å². The highest BCUT2D eigenvalue weighted by atomic mass is 16.5. The summed E-state index contributed by atoms with van der Waals surface area (Å²) in [5.41, 5.74) is -0.703. The highest BCUT2D eigenvalue weighted by Gasteiger charge is 2.29. The Morgan fingerprint density at radius 1 is 1.43 bits per heavy atom. The lowest BCUT2D eigenvalue weighted by molar-refractivity contribution is 0.00456. The molecular weight excluding hydrogens is 182 g/mol. The van der Waals surface area contributed by atoms with Crippen LogP contribution in [0.3, 0.4) is 0 Å². The lowest BCUT2D eigenvalue weighted by Crippen LogP contribution is -2.44. The van der Waals surface area contributed by atoms with E-state index in [1.807, 2.05) is 0 Å². The van der Waals surface area contributed by atoms with Crippen LogP contribution in [0.25, 0.3) is 0 Å². The van der Waals surface area contributed by atoms with Crippen molar-refractivity contribution in [3.63, 3.8) is 0 Å². The molecule has 0 atom stereocenters. The highest BCUT2D eigenvalue weighted by Crippen LogP contribution is 2.27. The molecule has 0 saturated heterocycles. The Bertz CT molecular complexity index is 188. The Morgan fingerprint density at radius 3 is 2.64 bits per heavy atom. The fraction of sp³-hybridized carbons (Fsp3) is 0.900. The van der Waals surface area contributed by atoms with E-state index in [0.717, 1.165) is 25.7 Å². The van der Waals surface area contributed by atoms with Crippen molar-refractivity contribution in [2.24, 2.45) is 0 Å². The molecule has 1 fully saturated rings. The van der Waals surface area contributed by atoms with Gasteiger partial charge in [-0.15, -0.1) is 0 Å². The van der Waals surface area contributed by atoms with Crippen molar-refractivity contribution in [2.75, 3.05) is 13.2 Å². The number of ether oxygens (including phenoxy) is 1. The number of carbonyl (C=O) groups is 1. The van der Waals surface area contributed by atoms with Gasteiger partial charge < -0.3 is 15.2 Å². The van der Waals surface area contributed by atoms with Gasteiger partial charge in [0.05, 0.1) is 12.2 Å². The molecule has 0 heterocycles. The Kier molecular flexibility index (Phi) is 4.20. The van der Waals surface area contributed by atoms with Crippen LogP contribution in [0.4, 0.5) is 4.79 Å². The first kappa shape index (κ1) is 11.3. The van der Waals surface area contributed by atoms with E-state index in [1.165, 1.54) is 6.42 Å². The molecule has 4 nitrogen and oxygen atoms in total. The van der Waals surface area contributed by atoms with E-state index in [0.29, 0.717) is 13.2 Å². The maximum atomic E-state index is 11.0. The van der Waals surface area contributed by atoms with Gasteiger partial charge in [0.25, 0.3) is 0 Å². The van der Waals surface area contributed by atoms with E-state index in [9.17, 15) is 9.90 Å². The summed E-state index contributed by atoms with van der Waals surface area (Å²) in [7, 11) is 0. The molecule has 0 aromatic carbocycles. The number of hydrogen-bond acceptors (Lipinski definition) is 3.